The van der Waals surface area contributed by atoms with E-state index in [2.05, 4.69) is 34.3 Å². The molecule has 0 spiro atoms. The summed E-state index contributed by atoms with van der Waals surface area (Å²) < 4.78 is 14.3. The first kappa shape index (κ1) is 19.0. The number of nitrogens with one attached hydrogen (secondary N) is 1. The highest BCUT2D eigenvalue weighted by Crippen LogP contribution is 2.25. The second-order valence-corrected chi connectivity index (χ2v) is 7.12. The smallest absolute Gasteiger partial charge is 0.248 e. The Morgan fingerprint density at radius 3 is 2.56 bits per heavy atom. The summed E-state index contributed by atoms with van der Waals surface area (Å²) in [7, 11) is 4.15. The summed E-state index contributed by atoms with van der Waals surface area (Å²) in [4.78, 5) is 23.7. The summed E-state index contributed by atoms with van der Waals surface area (Å²) in [5, 5.41) is 3.04. The lowest BCUT2D eigenvalue weighted by molar-refractivity contribution is 0.100. The molecule has 8 heteroatoms. The molecule has 1 aromatic carbocycles. The minimum Gasteiger partial charge on any atom is -0.366 e. The molecule has 2 aromatic rings. The number of amides is 1. The predicted molar refractivity (Wildman–Crippen MR) is 104 cm³/mol. The van der Waals surface area contributed by atoms with Gasteiger partial charge in [0.25, 0.3) is 0 Å². The van der Waals surface area contributed by atoms with Gasteiger partial charge >= 0.3 is 0 Å². The number of carbonyl (C=O) groups excluding carboxylic acids is 1. The lowest BCUT2D eigenvalue weighted by Gasteiger charge is -2.34. The average Bonchev–Trinajstić information content (AvgIpc) is 2.64. The molecule has 3 rings (SSSR count). The van der Waals surface area contributed by atoms with Crippen LogP contribution >= 0.6 is 0 Å². The lowest BCUT2D eigenvalue weighted by Crippen LogP contribution is -2.38. The van der Waals surface area contributed by atoms with E-state index in [-0.39, 0.29) is 0 Å². The van der Waals surface area contributed by atoms with Crippen molar-refractivity contribution in [2.75, 3.05) is 43.9 Å². The van der Waals surface area contributed by atoms with Crippen LogP contribution in [0.5, 0.6) is 0 Å². The van der Waals surface area contributed by atoms with Gasteiger partial charge in [0.2, 0.25) is 11.9 Å². The van der Waals surface area contributed by atoms with Gasteiger partial charge in [-0.15, -0.1) is 0 Å². The molecule has 1 fully saturated rings. The van der Waals surface area contributed by atoms with E-state index in [1.807, 2.05) is 4.90 Å². The number of hydrogen-bond donors (Lipinski definition) is 2. The minimum absolute atomic E-state index is 0.314. The van der Waals surface area contributed by atoms with Crippen LogP contribution in [0.4, 0.5) is 21.8 Å². The van der Waals surface area contributed by atoms with Crippen LogP contribution in [0, 0.1) is 11.7 Å². The summed E-state index contributed by atoms with van der Waals surface area (Å²) in [6.07, 6.45) is 3.21. The van der Waals surface area contributed by atoms with Crippen molar-refractivity contribution in [3.63, 3.8) is 0 Å². The normalized spacial score (nSPS) is 15.2. The van der Waals surface area contributed by atoms with Crippen molar-refractivity contribution >= 4 is 23.4 Å². The summed E-state index contributed by atoms with van der Waals surface area (Å²) in [6.45, 7) is 2.60. The maximum Gasteiger partial charge on any atom is 0.248 e. The Morgan fingerprint density at radius 2 is 1.96 bits per heavy atom. The first-order valence-electron chi connectivity index (χ1n) is 9.01. The number of primary amides is 1. The molecule has 1 aromatic heterocycles. The number of carbonyl (C=O) groups is 1. The van der Waals surface area contributed by atoms with Gasteiger partial charge in [0.15, 0.2) is 11.6 Å². The third-order valence-electron chi connectivity index (χ3n) is 4.69. The molecule has 1 aliphatic rings. The van der Waals surface area contributed by atoms with E-state index in [0.29, 0.717) is 28.9 Å². The number of nitrogens with zero attached hydrogens (tertiary/aromatic N) is 4. The molecule has 7 nitrogen and oxygen atoms in total. The predicted octanol–water partition coefficient (Wildman–Crippen LogP) is 2.24. The molecule has 144 valence electrons. The topological polar surface area (TPSA) is 87.4 Å². The molecule has 0 saturated carbocycles. The molecule has 0 bridgehead atoms. The quantitative estimate of drug-likeness (QED) is 0.809. The van der Waals surface area contributed by atoms with E-state index in [9.17, 15) is 9.18 Å². The first-order chi connectivity index (χ1) is 12.9. The molecule has 2 heterocycles. The molecule has 0 radical (unpaired) electrons. The number of benzene rings is 1. The van der Waals surface area contributed by atoms with Crippen molar-refractivity contribution in [3.05, 3.63) is 41.8 Å². The van der Waals surface area contributed by atoms with Crippen LogP contribution in [-0.2, 0) is 0 Å². The van der Waals surface area contributed by atoms with E-state index in [4.69, 9.17) is 5.73 Å². The van der Waals surface area contributed by atoms with Crippen molar-refractivity contribution in [1.82, 2.24) is 14.9 Å². The monoisotopic (exact) mass is 372 g/mol. The fourth-order valence-electron chi connectivity index (χ4n) is 3.33. The number of hydrogen-bond acceptors (Lipinski definition) is 6. The fourth-order valence-corrected chi connectivity index (χ4v) is 3.33. The highest BCUT2D eigenvalue weighted by molar-refractivity contribution is 5.93. The second kappa shape index (κ2) is 8.30. The number of halogens is 1. The largest absolute Gasteiger partial charge is 0.366 e. The number of piperidine rings is 1. The van der Waals surface area contributed by atoms with Crippen molar-refractivity contribution in [3.8, 4) is 0 Å². The number of nitrogens with two attached hydrogens (primary N) is 1. The second-order valence-electron chi connectivity index (χ2n) is 7.12. The van der Waals surface area contributed by atoms with Crippen molar-refractivity contribution in [2.24, 2.45) is 11.7 Å². The van der Waals surface area contributed by atoms with E-state index in [1.165, 1.54) is 6.20 Å². The highest BCUT2D eigenvalue weighted by Gasteiger charge is 2.23. The maximum atomic E-state index is 14.3. The Kier molecular flexibility index (Phi) is 5.85. The summed E-state index contributed by atoms with van der Waals surface area (Å²) in [5.74, 6) is 0.357. The molecule has 3 N–H and O–H groups in total. The third kappa shape index (κ3) is 4.91. The molecular weight excluding hydrogens is 347 g/mol. The standard InChI is InChI=1S/C19H25FN6O/c1-25(2)12-13-7-9-26(10-8-13)18-16(20)11-22-19(24-18)23-15-5-3-14(4-6-15)17(21)27/h3-6,11,13H,7-10,12H2,1-2H3,(H2,21,27)(H,22,23,24). The molecule has 0 atom stereocenters. The van der Waals surface area contributed by atoms with Gasteiger partial charge in [-0.2, -0.15) is 4.98 Å². The van der Waals surface area contributed by atoms with Gasteiger partial charge < -0.3 is 20.9 Å². The van der Waals surface area contributed by atoms with E-state index in [1.54, 1.807) is 24.3 Å². The van der Waals surface area contributed by atoms with Crippen molar-refractivity contribution < 1.29 is 9.18 Å². The Morgan fingerprint density at radius 1 is 1.30 bits per heavy atom. The Hall–Kier alpha value is -2.74. The molecule has 1 amide bonds. The van der Waals surface area contributed by atoms with Crippen molar-refractivity contribution in [1.29, 1.82) is 0 Å². The maximum absolute atomic E-state index is 14.3. The van der Waals surface area contributed by atoms with Gasteiger partial charge in [-0.3, -0.25) is 4.79 Å². The lowest BCUT2D eigenvalue weighted by atomic mass is 9.96. The Labute approximate surface area is 158 Å². The zero-order valence-electron chi connectivity index (χ0n) is 15.7. The fraction of sp³-hybridized carbons (Fsp3) is 0.421. The van der Waals surface area contributed by atoms with Gasteiger partial charge in [0, 0.05) is 30.9 Å². The van der Waals surface area contributed by atoms with Crippen LogP contribution < -0.4 is 16.0 Å². The summed E-state index contributed by atoms with van der Waals surface area (Å²) in [5.41, 5.74) is 6.35. The number of rotatable bonds is 6. The SMILES string of the molecule is CN(C)CC1CCN(c2nc(Nc3ccc(C(N)=O)cc3)ncc2F)CC1. The van der Waals surface area contributed by atoms with Crippen LogP contribution in [-0.4, -0.2) is 54.5 Å². The third-order valence-corrected chi connectivity index (χ3v) is 4.69. The molecule has 1 aliphatic heterocycles. The minimum atomic E-state index is -0.487. The van der Waals surface area contributed by atoms with E-state index < -0.39 is 11.7 Å². The van der Waals surface area contributed by atoms with E-state index >= 15 is 0 Å². The first-order valence-corrected chi connectivity index (χ1v) is 9.01. The molecule has 0 unspecified atom stereocenters. The van der Waals surface area contributed by atoms with Crippen LogP contribution in [0.1, 0.15) is 23.2 Å². The van der Waals surface area contributed by atoms with Crippen LogP contribution in [0.3, 0.4) is 0 Å². The zero-order chi connectivity index (χ0) is 19.4. The van der Waals surface area contributed by atoms with Gasteiger partial charge in [-0.05, 0) is 57.1 Å². The van der Waals surface area contributed by atoms with Crippen molar-refractivity contribution in [2.45, 2.75) is 12.8 Å². The Bertz CT molecular complexity index is 787. The highest BCUT2D eigenvalue weighted by atomic mass is 19.1. The van der Waals surface area contributed by atoms with Gasteiger partial charge in [-0.1, -0.05) is 0 Å². The molecule has 1 saturated heterocycles. The summed E-state index contributed by atoms with van der Waals surface area (Å²) in [6, 6.07) is 6.65. The number of aromatic nitrogens is 2. The Balaban J connectivity index is 1.68. The summed E-state index contributed by atoms with van der Waals surface area (Å²) >= 11 is 0. The molecule has 27 heavy (non-hydrogen) atoms. The van der Waals surface area contributed by atoms with Crippen LogP contribution in [0.2, 0.25) is 0 Å². The van der Waals surface area contributed by atoms with Crippen LogP contribution in [0.15, 0.2) is 30.5 Å². The van der Waals surface area contributed by atoms with Gasteiger partial charge in [0.1, 0.15) is 0 Å². The molecule has 0 aliphatic carbocycles. The number of anilines is 3. The van der Waals surface area contributed by atoms with Gasteiger partial charge in [0.05, 0.1) is 6.20 Å². The molecular formula is C19H25FN6O. The van der Waals surface area contributed by atoms with Gasteiger partial charge in [-0.25, -0.2) is 9.37 Å². The zero-order valence-corrected chi connectivity index (χ0v) is 15.7. The van der Waals surface area contributed by atoms with E-state index in [0.717, 1.165) is 32.5 Å². The van der Waals surface area contributed by atoms with Crippen LogP contribution in [0.25, 0.3) is 0 Å². The average molecular weight is 372 g/mol.